The van der Waals surface area contributed by atoms with E-state index < -0.39 is 0 Å². The minimum atomic E-state index is -0.0110. The van der Waals surface area contributed by atoms with Gasteiger partial charge in [-0.3, -0.25) is 4.98 Å². The zero-order chi connectivity index (χ0) is 11.2. The summed E-state index contributed by atoms with van der Waals surface area (Å²) in [4.78, 5) is 4.09. The molecule has 2 rings (SSSR count). The van der Waals surface area contributed by atoms with Crippen LogP contribution in [0.4, 0.5) is 0 Å². The van der Waals surface area contributed by atoms with Crippen molar-refractivity contribution < 1.29 is 9.84 Å². The molecular formula is C13H19NO2. The Bertz CT molecular complexity index is 304. The number of nitrogens with zero attached hydrogens (tertiary/aromatic N) is 1. The molecule has 0 aromatic carbocycles. The molecule has 0 spiro atoms. The SMILES string of the molecule is OCc1ccc(OCC2CCCCC2)cn1. The van der Waals surface area contributed by atoms with E-state index in [1.54, 1.807) is 12.3 Å². The van der Waals surface area contributed by atoms with Gasteiger partial charge in [0.15, 0.2) is 0 Å². The molecule has 1 heterocycles. The van der Waals surface area contributed by atoms with Gasteiger partial charge in [0, 0.05) is 0 Å². The van der Waals surface area contributed by atoms with Crippen molar-refractivity contribution in [2.24, 2.45) is 5.92 Å². The van der Waals surface area contributed by atoms with Crippen molar-refractivity contribution in [3.63, 3.8) is 0 Å². The van der Waals surface area contributed by atoms with Crippen LogP contribution in [0.15, 0.2) is 18.3 Å². The zero-order valence-electron chi connectivity index (χ0n) is 9.56. The molecule has 3 nitrogen and oxygen atoms in total. The highest BCUT2D eigenvalue weighted by Gasteiger charge is 2.13. The second kappa shape index (κ2) is 5.85. The van der Waals surface area contributed by atoms with Crippen molar-refractivity contribution in [1.29, 1.82) is 0 Å². The summed E-state index contributed by atoms with van der Waals surface area (Å²) in [6.45, 7) is 0.795. The molecule has 1 aliphatic rings. The number of pyridine rings is 1. The number of aliphatic hydroxyl groups excluding tert-OH is 1. The van der Waals surface area contributed by atoms with Crippen LogP contribution in [0.5, 0.6) is 5.75 Å². The highest BCUT2D eigenvalue weighted by molar-refractivity contribution is 5.19. The topological polar surface area (TPSA) is 42.4 Å². The third kappa shape index (κ3) is 3.20. The maximum atomic E-state index is 8.86. The molecule has 0 atom stereocenters. The van der Waals surface area contributed by atoms with Gasteiger partial charge in [-0.05, 0) is 30.9 Å². The molecule has 0 bridgehead atoms. The number of aliphatic hydroxyl groups is 1. The first-order valence-electron chi connectivity index (χ1n) is 6.07. The standard InChI is InChI=1S/C13H19NO2/c15-9-12-6-7-13(8-14-12)16-10-11-4-2-1-3-5-11/h6-8,11,15H,1-5,9-10H2. The molecule has 1 fully saturated rings. The molecule has 0 unspecified atom stereocenters. The Balaban J connectivity index is 1.79. The van der Waals surface area contributed by atoms with Gasteiger partial charge in [-0.1, -0.05) is 19.3 Å². The first kappa shape index (κ1) is 11.4. The van der Waals surface area contributed by atoms with Gasteiger partial charge in [-0.25, -0.2) is 0 Å². The van der Waals surface area contributed by atoms with Crippen molar-refractivity contribution in [2.75, 3.05) is 6.61 Å². The summed E-state index contributed by atoms with van der Waals surface area (Å²) in [5.74, 6) is 1.52. The predicted molar refractivity (Wildman–Crippen MR) is 62.2 cm³/mol. The monoisotopic (exact) mass is 221 g/mol. The summed E-state index contributed by atoms with van der Waals surface area (Å²) in [5.41, 5.74) is 0.685. The maximum absolute atomic E-state index is 8.86. The van der Waals surface area contributed by atoms with Gasteiger partial charge in [0.1, 0.15) is 5.75 Å². The molecular weight excluding hydrogens is 202 g/mol. The fourth-order valence-electron chi connectivity index (χ4n) is 2.16. The van der Waals surface area contributed by atoms with Gasteiger partial charge >= 0.3 is 0 Å². The highest BCUT2D eigenvalue weighted by Crippen LogP contribution is 2.24. The third-order valence-electron chi connectivity index (χ3n) is 3.17. The second-order valence-corrected chi connectivity index (χ2v) is 4.46. The Hall–Kier alpha value is -1.09. The molecule has 0 amide bonds. The first-order chi connectivity index (χ1) is 7.88. The summed E-state index contributed by atoms with van der Waals surface area (Å²) in [6, 6.07) is 3.68. The van der Waals surface area contributed by atoms with Crippen molar-refractivity contribution in [3.8, 4) is 5.75 Å². The van der Waals surface area contributed by atoms with E-state index in [1.165, 1.54) is 32.1 Å². The molecule has 88 valence electrons. The minimum Gasteiger partial charge on any atom is -0.492 e. The molecule has 0 aliphatic heterocycles. The lowest BCUT2D eigenvalue weighted by Gasteiger charge is -2.21. The number of rotatable bonds is 4. The Morgan fingerprint density at radius 2 is 2.06 bits per heavy atom. The third-order valence-corrected chi connectivity index (χ3v) is 3.17. The molecule has 0 radical (unpaired) electrons. The Labute approximate surface area is 96.5 Å². The van der Waals surface area contributed by atoms with Crippen molar-refractivity contribution in [3.05, 3.63) is 24.0 Å². The van der Waals surface area contributed by atoms with E-state index in [0.29, 0.717) is 11.6 Å². The van der Waals surface area contributed by atoms with Crippen LogP contribution >= 0.6 is 0 Å². The Kier molecular flexibility index (Phi) is 4.17. The lowest BCUT2D eigenvalue weighted by Crippen LogP contribution is -2.15. The molecule has 1 saturated carbocycles. The van der Waals surface area contributed by atoms with Gasteiger partial charge < -0.3 is 9.84 Å². The average molecular weight is 221 g/mol. The zero-order valence-corrected chi connectivity index (χ0v) is 9.56. The van der Waals surface area contributed by atoms with E-state index in [1.807, 2.05) is 6.07 Å². The van der Waals surface area contributed by atoms with Crippen LogP contribution in [0.2, 0.25) is 0 Å². The number of aromatic nitrogens is 1. The molecule has 1 aromatic rings. The minimum absolute atomic E-state index is 0.0110. The first-order valence-corrected chi connectivity index (χ1v) is 6.07. The fourth-order valence-corrected chi connectivity index (χ4v) is 2.16. The number of hydrogen-bond donors (Lipinski definition) is 1. The molecule has 0 saturated heterocycles. The van der Waals surface area contributed by atoms with Crippen LogP contribution in [0, 0.1) is 5.92 Å². The van der Waals surface area contributed by atoms with E-state index in [4.69, 9.17) is 9.84 Å². The van der Waals surface area contributed by atoms with Gasteiger partial charge in [-0.15, -0.1) is 0 Å². The molecule has 1 N–H and O–H groups in total. The molecule has 1 aliphatic carbocycles. The quantitative estimate of drug-likeness (QED) is 0.849. The largest absolute Gasteiger partial charge is 0.492 e. The lowest BCUT2D eigenvalue weighted by atomic mass is 9.90. The Morgan fingerprint density at radius 1 is 1.25 bits per heavy atom. The lowest BCUT2D eigenvalue weighted by molar-refractivity contribution is 0.208. The van der Waals surface area contributed by atoms with Crippen LogP contribution in [-0.4, -0.2) is 16.7 Å². The van der Waals surface area contributed by atoms with E-state index in [-0.39, 0.29) is 6.61 Å². The van der Waals surface area contributed by atoms with Gasteiger partial charge in [-0.2, -0.15) is 0 Å². The van der Waals surface area contributed by atoms with Crippen molar-refractivity contribution in [2.45, 2.75) is 38.7 Å². The normalized spacial score (nSPS) is 17.3. The fraction of sp³-hybridized carbons (Fsp3) is 0.615. The van der Waals surface area contributed by atoms with E-state index in [0.717, 1.165) is 12.4 Å². The van der Waals surface area contributed by atoms with E-state index in [9.17, 15) is 0 Å². The summed E-state index contributed by atoms with van der Waals surface area (Å²) < 4.78 is 5.70. The van der Waals surface area contributed by atoms with Crippen LogP contribution < -0.4 is 4.74 Å². The number of ether oxygens (including phenoxy) is 1. The van der Waals surface area contributed by atoms with E-state index in [2.05, 4.69) is 4.98 Å². The maximum Gasteiger partial charge on any atom is 0.137 e. The summed E-state index contributed by atoms with van der Waals surface area (Å²) in [7, 11) is 0. The van der Waals surface area contributed by atoms with Crippen LogP contribution in [0.25, 0.3) is 0 Å². The van der Waals surface area contributed by atoms with Crippen molar-refractivity contribution in [1.82, 2.24) is 4.98 Å². The van der Waals surface area contributed by atoms with Crippen LogP contribution in [-0.2, 0) is 6.61 Å². The summed E-state index contributed by atoms with van der Waals surface area (Å²) in [6.07, 6.45) is 8.34. The molecule has 3 heteroatoms. The molecule has 1 aromatic heterocycles. The average Bonchev–Trinajstić information content (AvgIpc) is 2.38. The summed E-state index contributed by atoms with van der Waals surface area (Å²) >= 11 is 0. The van der Waals surface area contributed by atoms with Crippen LogP contribution in [0.3, 0.4) is 0 Å². The highest BCUT2D eigenvalue weighted by atomic mass is 16.5. The van der Waals surface area contributed by atoms with Crippen LogP contribution in [0.1, 0.15) is 37.8 Å². The van der Waals surface area contributed by atoms with Crippen molar-refractivity contribution >= 4 is 0 Å². The van der Waals surface area contributed by atoms with Gasteiger partial charge in [0.05, 0.1) is 25.1 Å². The van der Waals surface area contributed by atoms with Gasteiger partial charge in [0.25, 0.3) is 0 Å². The predicted octanol–water partition coefficient (Wildman–Crippen LogP) is 2.53. The van der Waals surface area contributed by atoms with E-state index >= 15 is 0 Å². The Morgan fingerprint density at radius 3 is 2.69 bits per heavy atom. The summed E-state index contributed by atoms with van der Waals surface area (Å²) in [5, 5.41) is 8.86. The molecule has 16 heavy (non-hydrogen) atoms. The van der Waals surface area contributed by atoms with Gasteiger partial charge in [0.2, 0.25) is 0 Å². The smallest absolute Gasteiger partial charge is 0.137 e. The second-order valence-electron chi connectivity index (χ2n) is 4.46. The number of hydrogen-bond acceptors (Lipinski definition) is 3.